The van der Waals surface area contributed by atoms with Gasteiger partial charge in [0.05, 0.1) is 6.61 Å². The first kappa shape index (κ1) is 20.4. The van der Waals surface area contributed by atoms with Crippen LogP contribution in [0.5, 0.6) is 5.75 Å². The van der Waals surface area contributed by atoms with Gasteiger partial charge in [0.25, 0.3) is 0 Å². The fraction of sp³-hybridized carbons (Fsp3) is 0.556. The van der Waals surface area contributed by atoms with Crippen LogP contribution in [0.25, 0.3) is 0 Å². The third-order valence-electron chi connectivity index (χ3n) is 4.70. The minimum atomic E-state index is -3.91. The number of hydrogen-bond acceptors (Lipinski definition) is 7. The summed E-state index contributed by atoms with van der Waals surface area (Å²) < 4.78 is 35.7. The van der Waals surface area contributed by atoms with Crippen molar-refractivity contribution < 1.29 is 13.2 Å². The molecule has 0 spiro atoms. The van der Waals surface area contributed by atoms with Crippen LogP contribution in [0, 0.1) is 0 Å². The Balaban J connectivity index is 1.42. The van der Waals surface area contributed by atoms with Crippen LogP contribution >= 0.6 is 0 Å². The summed E-state index contributed by atoms with van der Waals surface area (Å²) in [6.45, 7) is 4.30. The van der Waals surface area contributed by atoms with Crippen molar-refractivity contribution >= 4 is 22.1 Å². The Labute approximate surface area is 166 Å². The highest BCUT2D eigenvalue weighted by Crippen LogP contribution is 2.17. The lowest BCUT2D eigenvalue weighted by molar-refractivity contribution is 0.220. The molecule has 0 aliphatic carbocycles. The number of nitrogens with two attached hydrogens (primary N) is 1. The predicted molar refractivity (Wildman–Crippen MR) is 109 cm³/mol. The van der Waals surface area contributed by atoms with E-state index in [0.717, 1.165) is 12.3 Å². The minimum Gasteiger partial charge on any atom is -0.494 e. The van der Waals surface area contributed by atoms with Crippen molar-refractivity contribution in [1.29, 1.82) is 0 Å². The molecule has 0 radical (unpaired) electrons. The minimum absolute atomic E-state index is 0.112. The third-order valence-corrected chi connectivity index (χ3v) is 5.52. The second-order valence-corrected chi connectivity index (χ2v) is 8.25. The Morgan fingerprint density at radius 1 is 1.21 bits per heavy atom. The largest absolute Gasteiger partial charge is 0.494 e. The summed E-state index contributed by atoms with van der Waals surface area (Å²) in [5, 5.41) is 2.96. The summed E-state index contributed by atoms with van der Waals surface area (Å²) in [5.41, 5.74) is 6.84. The Kier molecular flexibility index (Phi) is 6.74. The summed E-state index contributed by atoms with van der Waals surface area (Å²) in [6, 6.07) is 8.19. The molecule has 0 unspecified atom stereocenters. The lowest BCUT2D eigenvalue weighted by Gasteiger charge is -2.26. The van der Waals surface area contributed by atoms with E-state index in [1.54, 1.807) is 7.05 Å². The Bertz CT molecular complexity index is 833. The van der Waals surface area contributed by atoms with E-state index >= 15 is 0 Å². The van der Waals surface area contributed by atoms with Crippen LogP contribution in [0.3, 0.4) is 0 Å². The molecule has 1 aromatic rings. The summed E-state index contributed by atoms with van der Waals surface area (Å²) in [4.78, 5) is 3.88. The van der Waals surface area contributed by atoms with Crippen LogP contribution < -0.4 is 15.8 Å². The lowest BCUT2D eigenvalue weighted by atomic mass is 10.1. The van der Waals surface area contributed by atoms with Crippen LogP contribution in [0.15, 0.2) is 33.1 Å². The number of piperidine rings is 1. The quantitative estimate of drug-likeness (QED) is 0.644. The summed E-state index contributed by atoms with van der Waals surface area (Å²) in [7, 11) is -2.30. The van der Waals surface area contributed by atoms with Gasteiger partial charge in [-0.05, 0) is 50.0 Å². The zero-order valence-electron chi connectivity index (χ0n) is 16.2. The number of ether oxygens (including phenoxy) is 1. The molecule has 1 saturated heterocycles. The molecule has 0 bridgehead atoms. The third kappa shape index (κ3) is 5.83. The first-order valence-electron chi connectivity index (χ1n) is 9.55. The highest BCUT2D eigenvalue weighted by atomic mass is 32.2. The van der Waals surface area contributed by atoms with Gasteiger partial charge in [0.1, 0.15) is 5.75 Å². The topological polar surface area (TPSA) is 113 Å². The van der Waals surface area contributed by atoms with Crippen molar-refractivity contribution in [3.63, 3.8) is 0 Å². The molecule has 1 fully saturated rings. The summed E-state index contributed by atoms with van der Waals surface area (Å²) in [5.74, 6) is 0.899. The Morgan fingerprint density at radius 2 is 2.00 bits per heavy atom. The molecule has 3 rings (SSSR count). The van der Waals surface area contributed by atoms with E-state index in [4.69, 9.17) is 10.5 Å². The molecule has 28 heavy (non-hydrogen) atoms. The fourth-order valence-corrected chi connectivity index (χ4v) is 4.01. The van der Waals surface area contributed by atoms with Crippen molar-refractivity contribution in [3.05, 3.63) is 29.8 Å². The molecule has 2 aliphatic rings. The van der Waals surface area contributed by atoms with Crippen LogP contribution in [0.1, 0.15) is 31.2 Å². The predicted octanol–water partition coefficient (Wildman–Crippen LogP) is 0.892. The van der Waals surface area contributed by atoms with E-state index in [1.165, 1.54) is 42.8 Å². The van der Waals surface area contributed by atoms with Crippen molar-refractivity contribution in [1.82, 2.24) is 15.1 Å². The van der Waals surface area contributed by atoms with Crippen molar-refractivity contribution in [3.8, 4) is 5.75 Å². The van der Waals surface area contributed by atoms with Gasteiger partial charge in [0.2, 0.25) is 11.9 Å². The first-order chi connectivity index (χ1) is 13.4. The van der Waals surface area contributed by atoms with E-state index in [1.807, 2.05) is 12.1 Å². The standard InChI is InChI=1S/C18H28N6O3S/c1-23-17(19)21-28(25,26)22-18(23)20-9-6-12-27-16-8-5-7-15(13-16)14-24-10-3-2-4-11-24/h5,7-8,13H,2-4,6,9-12,14H2,1H3,(H2,19,21)(H,20,22). The Hall–Kier alpha value is -2.33. The average molecular weight is 409 g/mol. The monoisotopic (exact) mass is 408 g/mol. The number of guanidine groups is 2. The zero-order valence-corrected chi connectivity index (χ0v) is 17.0. The van der Waals surface area contributed by atoms with Gasteiger partial charge in [-0.2, -0.15) is 8.42 Å². The van der Waals surface area contributed by atoms with Gasteiger partial charge in [-0.15, -0.1) is 8.80 Å². The van der Waals surface area contributed by atoms with E-state index in [-0.39, 0.29) is 11.9 Å². The maximum atomic E-state index is 11.5. The van der Waals surface area contributed by atoms with Gasteiger partial charge in [-0.1, -0.05) is 18.6 Å². The normalized spacial score (nSPS) is 19.7. The van der Waals surface area contributed by atoms with Crippen molar-refractivity contribution in [2.24, 2.45) is 14.5 Å². The maximum Gasteiger partial charge on any atom is 0.369 e. The van der Waals surface area contributed by atoms with E-state index in [2.05, 4.69) is 31.1 Å². The molecule has 1 aromatic carbocycles. The molecular formula is C18H28N6O3S. The highest BCUT2D eigenvalue weighted by molar-refractivity contribution is 7.89. The number of nitrogens with one attached hydrogen (secondary N) is 1. The molecule has 10 heteroatoms. The van der Waals surface area contributed by atoms with Crippen LogP contribution in [0.2, 0.25) is 0 Å². The number of nitrogens with zero attached hydrogens (tertiary/aromatic N) is 4. The number of rotatable bonds is 7. The summed E-state index contributed by atoms with van der Waals surface area (Å²) in [6.07, 6.45) is 4.58. The lowest BCUT2D eigenvalue weighted by Crippen LogP contribution is -2.49. The van der Waals surface area contributed by atoms with Crippen LogP contribution in [0.4, 0.5) is 0 Å². The number of hydrogen-bond donors (Lipinski definition) is 2. The molecule has 0 atom stereocenters. The van der Waals surface area contributed by atoms with E-state index in [9.17, 15) is 8.42 Å². The molecule has 154 valence electrons. The smallest absolute Gasteiger partial charge is 0.369 e. The summed E-state index contributed by atoms with van der Waals surface area (Å²) >= 11 is 0. The van der Waals surface area contributed by atoms with Gasteiger partial charge in [0, 0.05) is 20.1 Å². The molecule has 2 aliphatic heterocycles. The number of likely N-dealkylation sites (tertiary alicyclic amines) is 1. The van der Waals surface area contributed by atoms with E-state index < -0.39 is 10.2 Å². The molecule has 9 nitrogen and oxygen atoms in total. The van der Waals surface area contributed by atoms with Gasteiger partial charge < -0.3 is 15.8 Å². The molecule has 0 saturated carbocycles. The Morgan fingerprint density at radius 3 is 2.79 bits per heavy atom. The molecule has 3 N–H and O–H groups in total. The van der Waals surface area contributed by atoms with Gasteiger partial charge in [-0.25, -0.2) is 0 Å². The van der Waals surface area contributed by atoms with Gasteiger partial charge in [0.15, 0.2) is 0 Å². The maximum absolute atomic E-state index is 11.5. The van der Waals surface area contributed by atoms with Gasteiger partial charge >= 0.3 is 10.2 Å². The van der Waals surface area contributed by atoms with Crippen molar-refractivity contribution in [2.75, 3.05) is 33.3 Å². The highest BCUT2D eigenvalue weighted by Gasteiger charge is 2.22. The average Bonchev–Trinajstić information content (AvgIpc) is 2.66. The number of benzene rings is 1. The molecular weight excluding hydrogens is 380 g/mol. The first-order valence-corrected chi connectivity index (χ1v) is 10.9. The van der Waals surface area contributed by atoms with E-state index in [0.29, 0.717) is 19.6 Å². The van der Waals surface area contributed by atoms with Gasteiger partial charge in [-0.3, -0.25) is 9.80 Å². The molecule has 0 amide bonds. The van der Waals surface area contributed by atoms with Crippen molar-refractivity contribution in [2.45, 2.75) is 32.2 Å². The molecule has 2 heterocycles. The second kappa shape index (κ2) is 9.24. The fourth-order valence-electron chi connectivity index (χ4n) is 3.20. The molecule has 0 aromatic heterocycles. The second-order valence-electron chi connectivity index (χ2n) is 6.98. The SMILES string of the molecule is CN1C(N)=NS(=O)(=O)N=C1NCCCOc1cccc(CN2CCCCC2)c1. The van der Waals surface area contributed by atoms with Crippen LogP contribution in [-0.2, 0) is 16.8 Å². The van der Waals surface area contributed by atoms with Crippen LogP contribution in [-0.4, -0.2) is 63.4 Å². The zero-order chi connectivity index (χ0) is 20.0.